The van der Waals surface area contributed by atoms with Crippen molar-refractivity contribution in [2.75, 3.05) is 31.1 Å². The van der Waals surface area contributed by atoms with E-state index in [2.05, 4.69) is 34.4 Å². The van der Waals surface area contributed by atoms with Gasteiger partial charge in [-0.1, -0.05) is 13.8 Å². The van der Waals surface area contributed by atoms with Crippen molar-refractivity contribution >= 4 is 11.7 Å². The first kappa shape index (κ1) is 18.5. The number of piperidine rings is 1. The van der Waals surface area contributed by atoms with Gasteiger partial charge in [-0.25, -0.2) is 4.79 Å². The molecule has 0 spiro atoms. The Kier molecular flexibility index (Phi) is 7.31. The van der Waals surface area contributed by atoms with Crippen LogP contribution in [-0.2, 0) is 0 Å². The molecule has 2 rings (SSSR count). The van der Waals surface area contributed by atoms with Crippen molar-refractivity contribution in [2.45, 2.75) is 39.2 Å². The lowest BCUT2D eigenvalue weighted by molar-refractivity contribution is 0.205. The summed E-state index contributed by atoms with van der Waals surface area (Å²) in [6.45, 7) is 6.85. The van der Waals surface area contributed by atoms with Crippen LogP contribution >= 0.6 is 0 Å². The molecule has 1 fully saturated rings. The Bertz CT molecular complexity index is 487. The lowest BCUT2D eigenvalue weighted by Crippen LogP contribution is -2.46. The monoisotopic (exact) mass is 334 g/mol. The van der Waals surface area contributed by atoms with Gasteiger partial charge in [0.15, 0.2) is 0 Å². The third-order valence-electron chi connectivity index (χ3n) is 4.51. The van der Waals surface area contributed by atoms with Crippen LogP contribution in [0.3, 0.4) is 0 Å². The zero-order valence-electron chi connectivity index (χ0n) is 14.7. The molecule has 0 bridgehead atoms. The number of carbonyl (C=O) groups is 1. The van der Waals surface area contributed by atoms with Gasteiger partial charge in [-0.2, -0.15) is 0 Å². The van der Waals surface area contributed by atoms with E-state index in [1.165, 1.54) is 5.69 Å². The maximum absolute atomic E-state index is 12.0. The molecule has 134 valence electrons. The van der Waals surface area contributed by atoms with Crippen LogP contribution in [0.1, 0.15) is 33.1 Å². The number of aliphatic hydroxyl groups excluding tert-OH is 1. The lowest BCUT2D eigenvalue weighted by Gasteiger charge is -2.33. The minimum atomic E-state index is -0.175. The van der Waals surface area contributed by atoms with Crippen LogP contribution in [0.2, 0.25) is 0 Å². The molecule has 1 saturated heterocycles. The predicted octanol–water partition coefficient (Wildman–Crippen LogP) is 2.00. The Morgan fingerprint density at radius 2 is 2.00 bits per heavy atom. The third-order valence-corrected chi connectivity index (χ3v) is 4.51. The number of nitrogens with one attached hydrogen (secondary N) is 2. The lowest BCUT2D eigenvalue weighted by atomic mass is 9.96. The summed E-state index contributed by atoms with van der Waals surface area (Å²) in [7, 11) is 0. The molecule has 3 N–H and O–H groups in total. The highest BCUT2D eigenvalue weighted by Gasteiger charge is 2.20. The molecule has 2 heterocycles. The maximum Gasteiger partial charge on any atom is 0.315 e. The highest BCUT2D eigenvalue weighted by atomic mass is 16.3. The molecule has 0 aliphatic carbocycles. The molecule has 6 heteroatoms. The van der Waals surface area contributed by atoms with Crippen molar-refractivity contribution in [2.24, 2.45) is 11.8 Å². The zero-order chi connectivity index (χ0) is 17.4. The Hall–Kier alpha value is -1.82. The summed E-state index contributed by atoms with van der Waals surface area (Å²) in [6.07, 6.45) is 6.56. The van der Waals surface area contributed by atoms with Gasteiger partial charge < -0.3 is 20.6 Å². The van der Waals surface area contributed by atoms with Gasteiger partial charge in [0.1, 0.15) is 0 Å². The topological polar surface area (TPSA) is 77.5 Å². The Balaban J connectivity index is 1.67. The standard InChI is InChI=1S/C18H30N4O2/c1-14(2)11-16(13-23)21-18(24)20-12-15-5-9-22(10-6-15)17-3-7-19-8-4-17/h3-4,7-8,14-16,23H,5-6,9-13H2,1-2H3,(H2,20,21,24). The Morgan fingerprint density at radius 3 is 2.58 bits per heavy atom. The number of urea groups is 1. The van der Waals surface area contributed by atoms with Crippen molar-refractivity contribution in [3.05, 3.63) is 24.5 Å². The third kappa shape index (κ3) is 6.00. The van der Waals surface area contributed by atoms with Crippen LogP contribution in [0.5, 0.6) is 0 Å². The van der Waals surface area contributed by atoms with E-state index in [0.29, 0.717) is 18.4 Å². The average molecular weight is 334 g/mol. The van der Waals surface area contributed by atoms with E-state index in [4.69, 9.17) is 0 Å². The summed E-state index contributed by atoms with van der Waals surface area (Å²) in [4.78, 5) is 18.4. The summed E-state index contributed by atoms with van der Waals surface area (Å²) >= 11 is 0. The van der Waals surface area contributed by atoms with Crippen molar-refractivity contribution in [1.82, 2.24) is 15.6 Å². The second kappa shape index (κ2) is 9.47. The Labute approximate surface area is 144 Å². The van der Waals surface area contributed by atoms with Crippen LogP contribution < -0.4 is 15.5 Å². The molecule has 24 heavy (non-hydrogen) atoms. The summed E-state index contributed by atoms with van der Waals surface area (Å²) in [5.74, 6) is 0.950. The van der Waals surface area contributed by atoms with Gasteiger partial charge in [0.05, 0.1) is 12.6 Å². The second-order valence-electron chi connectivity index (χ2n) is 7.00. The molecular formula is C18H30N4O2. The minimum absolute atomic E-state index is 0.0179. The fourth-order valence-electron chi connectivity index (χ4n) is 3.17. The summed E-state index contributed by atoms with van der Waals surface area (Å²) in [5.41, 5.74) is 1.22. The first-order valence-corrected chi connectivity index (χ1v) is 8.88. The van der Waals surface area contributed by atoms with E-state index in [0.717, 1.165) is 32.4 Å². The smallest absolute Gasteiger partial charge is 0.315 e. The van der Waals surface area contributed by atoms with Crippen LogP contribution in [-0.4, -0.2) is 48.4 Å². The number of aromatic nitrogens is 1. The summed E-state index contributed by atoms with van der Waals surface area (Å²) in [5, 5.41) is 15.1. The van der Waals surface area contributed by atoms with E-state index in [-0.39, 0.29) is 18.7 Å². The van der Waals surface area contributed by atoms with Gasteiger partial charge >= 0.3 is 6.03 Å². The highest BCUT2D eigenvalue weighted by Crippen LogP contribution is 2.22. The number of aliphatic hydroxyl groups is 1. The number of hydrogen-bond donors (Lipinski definition) is 3. The first-order valence-electron chi connectivity index (χ1n) is 8.88. The van der Waals surface area contributed by atoms with Gasteiger partial charge in [0.2, 0.25) is 0 Å². The maximum atomic E-state index is 12.0. The van der Waals surface area contributed by atoms with Crippen LogP contribution in [0.4, 0.5) is 10.5 Å². The van der Waals surface area contributed by atoms with Gasteiger partial charge in [-0.05, 0) is 43.2 Å². The number of nitrogens with zero attached hydrogens (tertiary/aromatic N) is 2. The van der Waals surface area contributed by atoms with Crippen LogP contribution in [0.25, 0.3) is 0 Å². The van der Waals surface area contributed by atoms with E-state index >= 15 is 0 Å². The number of hydrogen-bond acceptors (Lipinski definition) is 4. The number of amides is 2. The zero-order valence-corrected chi connectivity index (χ0v) is 14.7. The Morgan fingerprint density at radius 1 is 1.33 bits per heavy atom. The molecule has 0 aromatic carbocycles. The summed E-state index contributed by atoms with van der Waals surface area (Å²) in [6, 6.07) is 3.73. The molecular weight excluding hydrogens is 304 g/mol. The molecule has 0 radical (unpaired) electrons. The van der Waals surface area contributed by atoms with E-state index in [1.807, 2.05) is 24.5 Å². The molecule has 2 amide bonds. The van der Waals surface area contributed by atoms with E-state index < -0.39 is 0 Å². The molecule has 1 unspecified atom stereocenters. The quantitative estimate of drug-likeness (QED) is 0.713. The molecule has 1 atom stereocenters. The fraction of sp³-hybridized carbons (Fsp3) is 0.667. The first-order chi connectivity index (χ1) is 11.6. The highest BCUT2D eigenvalue weighted by molar-refractivity contribution is 5.74. The van der Waals surface area contributed by atoms with Crippen LogP contribution in [0, 0.1) is 11.8 Å². The van der Waals surface area contributed by atoms with Crippen molar-refractivity contribution in [1.29, 1.82) is 0 Å². The number of carbonyl (C=O) groups excluding carboxylic acids is 1. The minimum Gasteiger partial charge on any atom is -0.394 e. The van der Waals surface area contributed by atoms with Gasteiger partial charge in [-0.3, -0.25) is 4.98 Å². The average Bonchev–Trinajstić information content (AvgIpc) is 2.60. The largest absolute Gasteiger partial charge is 0.394 e. The molecule has 1 aliphatic rings. The van der Waals surface area contributed by atoms with E-state index in [1.54, 1.807) is 0 Å². The molecule has 1 aromatic heterocycles. The number of rotatable bonds is 7. The number of anilines is 1. The van der Waals surface area contributed by atoms with Crippen molar-refractivity contribution < 1.29 is 9.90 Å². The molecule has 0 saturated carbocycles. The fourth-order valence-corrected chi connectivity index (χ4v) is 3.17. The second-order valence-corrected chi connectivity index (χ2v) is 7.00. The van der Waals surface area contributed by atoms with Crippen LogP contribution in [0.15, 0.2) is 24.5 Å². The van der Waals surface area contributed by atoms with E-state index in [9.17, 15) is 9.90 Å². The summed E-state index contributed by atoms with van der Waals surface area (Å²) < 4.78 is 0. The van der Waals surface area contributed by atoms with Gasteiger partial charge in [0.25, 0.3) is 0 Å². The van der Waals surface area contributed by atoms with Crippen molar-refractivity contribution in [3.8, 4) is 0 Å². The molecule has 1 aromatic rings. The normalized spacial score (nSPS) is 16.9. The molecule has 6 nitrogen and oxygen atoms in total. The van der Waals surface area contributed by atoms with Gasteiger partial charge in [0, 0.05) is 37.7 Å². The molecule has 1 aliphatic heterocycles. The SMILES string of the molecule is CC(C)CC(CO)NC(=O)NCC1CCN(c2ccncc2)CC1. The number of pyridine rings is 1. The van der Waals surface area contributed by atoms with Gasteiger partial charge in [-0.15, -0.1) is 0 Å². The van der Waals surface area contributed by atoms with Crippen molar-refractivity contribution in [3.63, 3.8) is 0 Å². The predicted molar refractivity (Wildman–Crippen MR) is 96.0 cm³/mol.